The van der Waals surface area contributed by atoms with Crippen molar-refractivity contribution in [2.75, 3.05) is 33.4 Å². The van der Waals surface area contributed by atoms with Crippen molar-refractivity contribution >= 4 is 5.71 Å². The zero-order valence-corrected chi connectivity index (χ0v) is 21.1. The molecule has 7 heteroatoms. The molecule has 7 nitrogen and oxygen atoms in total. The third-order valence-electron chi connectivity index (χ3n) is 7.97. The van der Waals surface area contributed by atoms with E-state index in [9.17, 15) is 0 Å². The Balaban J connectivity index is 1.22. The van der Waals surface area contributed by atoms with Crippen LogP contribution in [0.3, 0.4) is 0 Å². The van der Waals surface area contributed by atoms with Gasteiger partial charge in [-0.25, -0.2) is 5.01 Å². The van der Waals surface area contributed by atoms with Crippen LogP contribution in [0.2, 0.25) is 0 Å². The molecule has 0 bridgehead atoms. The highest BCUT2D eigenvalue weighted by Crippen LogP contribution is 2.53. The molecule has 1 atom stereocenters. The fraction of sp³-hybridized carbons (Fsp3) is 0.367. The lowest BCUT2D eigenvalue weighted by Crippen LogP contribution is -2.59. The highest BCUT2D eigenvalue weighted by molar-refractivity contribution is 6.02. The number of hydrogen-bond acceptors (Lipinski definition) is 7. The lowest BCUT2D eigenvalue weighted by molar-refractivity contribution is -0.151. The van der Waals surface area contributed by atoms with Gasteiger partial charge < -0.3 is 18.9 Å². The molecule has 4 aliphatic heterocycles. The van der Waals surface area contributed by atoms with Crippen molar-refractivity contribution in [2.45, 2.75) is 37.6 Å². The topological polar surface area (TPSA) is 55.8 Å². The molecule has 37 heavy (non-hydrogen) atoms. The van der Waals surface area contributed by atoms with Crippen LogP contribution < -0.4 is 18.9 Å². The van der Waals surface area contributed by atoms with Gasteiger partial charge in [0.15, 0.2) is 23.0 Å². The molecule has 1 fully saturated rings. The number of likely N-dealkylation sites (tertiary alicyclic amines) is 1. The van der Waals surface area contributed by atoms with Gasteiger partial charge in [-0.1, -0.05) is 42.5 Å². The van der Waals surface area contributed by atoms with Crippen molar-refractivity contribution in [2.24, 2.45) is 5.10 Å². The van der Waals surface area contributed by atoms with Crippen LogP contribution in [-0.2, 0) is 6.54 Å². The van der Waals surface area contributed by atoms with Crippen LogP contribution in [-0.4, -0.2) is 54.8 Å². The minimum absolute atomic E-state index is 0.0997. The minimum Gasteiger partial charge on any atom is -0.493 e. The second-order valence-corrected chi connectivity index (χ2v) is 10.2. The van der Waals surface area contributed by atoms with E-state index in [1.807, 2.05) is 18.2 Å². The van der Waals surface area contributed by atoms with Gasteiger partial charge in [-0.05, 0) is 29.8 Å². The van der Waals surface area contributed by atoms with Gasteiger partial charge in [-0.3, -0.25) is 4.90 Å². The Labute approximate surface area is 217 Å². The van der Waals surface area contributed by atoms with E-state index >= 15 is 0 Å². The number of piperidine rings is 1. The molecule has 1 spiro atoms. The first-order chi connectivity index (χ1) is 18.2. The van der Waals surface area contributed by atoms with Gasteiger partial charge >= 0.3 is 0 Å². The van der Waals surface area contributed by atoms with Gasteiger partial charge in [0.05, 0.1) is 18.9 Å². The van der Waals surface area contributed by atoms with Crippen molar-refractivity contribution in [3.8, 4) is 23.0 Å². The summed E-state index contributed by atoms with van der Waals surface area (Å²) in [6.07, 6.45) is 2.54. The number of para-hydroxylation sites is 1. The number of hydrogen-bond donors (Lipinski definition) is 0. The second kappa shape index (κ2) is 8.99. The molecule has 0 N–H and O–H groups in total. The number of benzene rings is 3. The Morgan fingerprint density at radius 1 is 0.946 bits per heavy atom. The van der Waals surface area contributed by atoms with Gasteiger partial charge in [-0.15, -0.1) is 0 Å². The maximum Gasteiger partial charge on any atom is 0.200 e. The lowest BCUT2D eigenvalue weighted by atomic mass is 9.90. The van der Waals surface area contributed by atoms with Crippen LogP contribution in [0.25, 0.3) is 0 Å². The van der Waals surface area contributed by atoms with Crippen LogP contribution >= 0.6 is 0 Å². The summed E-state index contributed by atoms with van der Waals surface area (Å²) in [6, 6.07) is 23.1. The number of rotatable bonds is 4. The molecular formula is C30H31N3O4. The molecule has 0 aliphatic carbocycles. The predicted octanol–water partition coefficient (Wildman–Crippen LogP) is 5.00. The van der Waals surface area contributed by atoms with Gasteiger partial charge in [-0.2, -0.15) is 5.10 Å². The van der Waals surface area contributed by atoms with Crippen LogP contribution in [0.15, 0.2) is 71.8 Å². The van der Waals surface area contributed by atoms with Crippen molar-refractivity contribution in [3.63, 3.8) is 0 Å². The van der Waals surface area contributed by atoms with E-state index in [4.69, 9.17) is 24.0 Å². The van der Waals surface area contributed by atoms with Gasteiger partial charge in [0.25, 0.3) is 0 Å². The quantitative estimate of drug-likeness (QED) is 0.506. The van der Waals surface area contributed by atoms with E-state index in [1.54, 1.807) is 7.11 Å². The minimum atomic E-state index is -0.505. The third-order valence-corrected chi connectivity index (χ3v) is 7.97. The van der Waals surface area contributed by atoms with E-state index in [1.165, 1.54) is 5.56 Å². The maximum atomic E-state index is 6.89. The standard InChI is InChI=1S/C30H31N3O4/c1-34-27-9-5-8-23-25-19-24(22-10-11-26-28(18-22)36-17-16-35-26)31-33(25)30(37-29(23)27)12-14-32(15-13-30)20-21-6-3-2-4-7-21/h2-11,18,25H,12-17,19-20H2,1H3/t25-/m0/s1. The van der Waals surface area contributed by atoms with Gasteiger partial charge in [0, 0.05) is 50.0 Å². The molecule has 1 saturated heterocycles. The highest BCUT2D eigenvalue weighted by atomic mass is 16.6. The van der Waals surface area contributed by atoms with Crippen LogP contribution in [0.1, 0.15) is 42.0 Å². The molecular weight excluding hydrogens is 466 g/mol. The van der Waals surface area contributed by atoms with E-state index in [0.29, 0.717) is 13.2 Å². The monoisotopic (exact) mass is 497 g/mol. The van der Waals surface area contributed by atoms with Crippen LogP contribution in [0.4, 0.5) is 0 Å². The average molecular weight is 498 g/mol. The molecule has 190 valence electrons. The summed E-state index contributed by atoms with van der Waals surface area (Å²) in [7, 11) is 1.71. The molecule has 4 aliphatic rings. The molecule has 3 aromatic rings. The largest absolute Gasteiger partial charge is 0.493 e. The molecule has 4 heterocycles. The lowest BCUT2D eigenvalue weighted by Gasteiger charge is -2.51. The summed E-state index contributed by atoms with van der Waals surface area (Å²) in [5.74, 6) is 3.24. The zero-order chi connectivity index (χ0) is 24.8. The summed E-state index contributed by atoms with van der Waals surface area (Å²) in [5.41, 5.74) is 4.09. The normalized spacial score (nSPS) is 21.6. The van der Waals surface area contributed by atoms with E-state index in [-0.39, 0.29) is 6.04 Å². The first-order valence-corrected chi connectivity index (χ1v) is 13.1. The summed E-state index contributed by atoms with van der Waals surface area (Å²) in [4.78, 5) is 2.51. The Morgan fingerprint density at radius 3 is 2.57 bits per heavy atom. The maximum absolute atomic E-state index is 6.89. The second-order valence-electron chi connectivity index (χ2n) is 10.2. The number of methoxy groups -OCH3 is 1. The summed E-state index contributed by atoms with van der Waals surface area (Å²) < 4.78 is 24.2. The first-order valence-electron chi connectivity index (χ1n) is 13.1. The first kappa shape index (κ1) is 22.5. The SMILES string of the molecule is COc1cccc2c1OC1(CCN(Cc3ccccc3)CC1)N1N=C(c3ccc4c(c3)OCCO4)C[C@@H]21. The number of hydrazone groups is 1. The van der Waals surface area contributed by atoms with Gasteiger partial charge in [0.1, 0.15) is 13.2 Å². The van der Waals surface area contributed by atoms with Crippen molar-refractivity contribution in [3.05, 3.63) is 83.4 Å². The van der Waals surface area contributed by atoms with Crippen LogP contribution in [0, 0.1) is 0 Å². The average Bonchev–Trinajstić information content (AvgIpc) is 3.42. The Bertz CT molecular complexity index is 1330. The van der Waals surface area contributed by atoms with E-state index < -0.39 is 5.72 Å². The molecule has 0 radical (unpaired) electrons. The van der Waals surface area contributed by atoms with Gasteiger partial charge in [0.2, 0.25) is 5.72 Å². The molecule has 0 amide bonds. The highest BCUT2D eigenvalue weighted by Gasteiger charge is 2.52. The van der Waals surface area contributed by atoms with E-state index in [0.717, 1.165) is 78.7 Å². The molecule has 0 saturated carbocycles. The summed E-state index contributed by atoms with van der Waals surface area (Å²) in [5, 5.41) is 7.49. The molecule has 0 unspecified atom stereocenters. The van der Waals surface area contributed by atoms with Crippen molar-refractivity contribution < 1.29 is 18.9 Å². The van der Waals surface area contributed by atoms with Crippen molar-refractivity contribution in [1.29, 1.82) is 0 Å². The predicted molar refractivity (Wildman–Crippen MR) is 140 cm³/mol. The smallest absolute Gasteiger partial charge is 0.200 e. The Hall–Kier alpha value is -3.71. The summed E-state index contributed by atoms with van der Waals surface area (Å²) >= 11 is 0. The Kier molecular flexibility index (Phi) is 5.47. The van der Waals surface area contributed by atoms with E-state index in [2.05, 4.69) is 58.4 Å². The van der Waals surface area contributed by atoms with Crippen molar-refractivity contribution in [1.82, 2.24) is 9.91 Å². The summed E-state index contributed by atoms with van der Waals surface area (Å²) in [6.45, 7) is 3.99. The number of nitrogens with zero attached hydrogens (tertiary/aromatic N) is 3. The van der Waals surface area contributed by atoms with Crippen LogP contribution in [0.5, 0.6) is 23.0 Å². The fourth-order valence-corrected chi connectivity index (χ4v) is 6.06. The fourth-order valence-electron chi connectivity index (χ4n) is 6.06. The number of fused-ring (bicyclic) bond motifs is 5. The third kappa shape index (κ3) is 3.89. The Morgan fingerprint density at radius 2 is 1.76 bits per heavy atom. The molecule has 0 aromatic heterocycles. The number of ether oxygens (including phenoxy) is 4. The molecule has 3 aromatic carbocycles. The molecule has 7 rings (SSSR count). The zero-order valence-electron chi connectivity index (χ0n) is 21.1.